The average molecular weight is 228 g/mol. The van der Waals surface area contributed by atoms with E-state index in [1.54, 1.807) is 0 Å². The zero-order chi connectivity index (χ0) is 10.9. The van der Waals surface area contributed by atoms with Gasteiger partial charge in [0.2, 0.25) is 0 Å². The van der Waals surface area contributed by atoms with Gasteiger partial charge in [-0.25, -0.2) is 0 Å². The maximum atomic E-state index is 9.76. The van der Waals surface area contributed by atoms with E-state index >= 15 is 0 Å². The summed E-state index contributed by atoms with van der Waals surface area (Å²) in [4.78, 5) is 0. The number of aliphatic hydroxyl groups is 2. The molecular formula is C11H25KO2. The fourth-order valence-electron chi connectivity index (χ4n) is 0.919. The van der Waals surface area contributed by atoms with E-state index in [-0.39, 0.29) is 63.6 Å². The van der Waals surface area contributed by atoms with Crippen LogP contribution in [0.4, 0.5) is 0 Å². The molecule has 14 heavy (non-hydrogen) atoms. The minimum atomic E-state index is -0.443. The minimum Gasteiger partial charge on any atom is -1.00 e. The van der Waals surface area contributed by atoms with E-state index in [2.05, 4.69) is 0 Å². The molecule has 0 radical (unpaired) electrons. The van der Waals surface area contributed by atoms with E-state index in [1.807, 2.05) is 41.5 Å². The Morgan fingerprint density at radius 3 is 1.21 bits per heavy atom. The predicted molar refractivity (Wildman–Crippen MR) is 56.7 cm³/mol. The molecule has 2 N–H and O–H groups in total. The molecule has 2 atom stereocenters. The molecule has 0 bridgehead atoms. The predicted octanol–water partition coefficient (Wildman–Crippen LogP) is -0.693. The molecule has 0 aliphatic carbocycles. The summed E-state index contributed by atoms with van der Waals surface area (Å²) in [6, 6.07) is 0. The van der Waals surface area contributed by atoms with Gasteiger partial charge in [0.1, 0.15) is 0 Å². The summed E-state index contributed by atoms with van der Waals surface area (Å²) in [6.45, 7) is 11.9. The summed E-state index contributed by atoms with van der Waals surface area (Å²) in [5.74, 6) is 0. The second-order valence-electron chi connectivity index (χ2n) is 6.00. The van der Waals surface area contributed by atoms with Crippen LogP contribution in [0, 0.1) is 10.8 Å². The molecule has 0 saturated heterocycles. The van der Waals surface area contributed by atoms with E-state index in [4.69, 9.17) is 0 Å². The third-order valence-electron chi connectivity index (χ3n) is 2.45. The number of hydrogen-bond donors (Lipinski definition) is 2. The van der Waals surface area contributed by atoms with E-state index < -0.39 is 12.2 Å². The van der Waals surface area contributed by atoms with Gasteiger partial charge in [0, 0.05) is 6.42 Å². The van der Waals surface area contributed by atoms with Crippen LogP contribution in [-0.2, 0) is 0 Å². The van der Waals surface area contributed by atoms with Crippen LogP contribution in [0.1, 0.15) is 49.4 Å². The van der Waals surface area contributed by atoms with Gasteiger partial charge in [-0.2, -0.15) is 0 Å². The molecule has 0 aliphatic heterocycles. The fraction of sp³-hybridized carbons (Fsp3) is 1.00. The molecule has 0 amide bonds. The van der Waals surface area contributed by atoms with Crippen molar-refractivity contribution in [1.82, 2.24) is 0 Å². The molecule has 0 saturated carbocycles. The van der Waals surface area contributed by atoms with Gasteiger partial charge < -0.3 is 11.6 Å². The first-order valence-corrected chi connectivity index (χ1v) is 4.91. The Bertz CT molecular complexity index is 143. The minimum absolute atomic E-state index is 0. The van der Waals surface area contributed by atoms with Crippen LogP contribution in [-0.4, -0.2) is 22.4 Å². The summed E-state index contributed by atoms with van der Waals surface area (Å²) in [7, 11) is 0. The maximum Gasteiger partial charge on any atom is 1.00 e. The van der Waals surface area contributed by atoms with Crippen molar-refractivity contribution in [1.29, 1.82) is 0 Å². The molecule has 0 rings (SSSR count). The Hall–Kier alpha value is 1.56. The Labute approximate surface area is 132 Å². The van der Waals surface area contributed by atoms with Crippen molar-refractivity contribution in [3.8, 4) is 0 Å². The third kappa shape index (κ3) is 6.93. The van der Waals surface area contributed by atoms with Crippen molar-refractivity contribution in [2.45, 2.75) is 60.2 Å². The Kier molecular flexibility index (Phi) is 8.11. The fourth-order valence-corrected chi connectivity index (χ4v) is 0.919. The Balaban J connectivity index is -0.000000720. The standard InChI is InChI=1S/C11H24O2.K.H/c1-10(2,3)8(12)7-9(13)11(4,5)6;;/h8-9,12-13H,7H2,1-6H3;;/q;+1;-1. The summed E-state index contributed by atoms with van der Waals surface area (Å²) < 4.78 is 0. The summed E-state index contributed by atoms with van der Waals surface area (Å²) >= 11 is 0. The number of rotatable bonds is 2. The molecule has 0 aromatic carbocycles. The average Bonchev–Trinajstić information content (AvgIpc) is 1.82. The second kappa shape index (κ2) is 6.33. The van der Waals surface area contributed by atoms with Gasteiger partial charge in [0.25, 0.3) is 0 Å². The van der Waals surface area contributed by atoms with Crippen molar-refractivity contribution in [3.05, 3.63) is 0 Å². The van der Waals surface area contributed by atoms with Crippen molar-refractivity contribution >= 4 is 0 Å². The first-order valence-electron chi connectivity index (χ1n) is 4.91. The zero-order valence-corrected chi connectivity index (χ0v) is 13.9. The van der Waals surface area contributed by atoms with Crippen LogP contribution in [0.2, 0.25) is 0 Å². The smallest absolute Gasteiger partial charge is 1.00 e. The molecule has 3 heteroatoms. The van der Waals surface area contributed by atoms with Gasteiger partial charge in [0.15, 0.2) is 0 Å². The van der Waals surface area contributed by atoms with E-state index in [1.165, 1.54) is 0 Å². The van der Waals surface area contributed by atoms with Crippen molar-refractivity contribution in [2.75, 3.05) is 0 Å². The van der Waals surface area contributed by atoms with Crippen molar-refractivity contribution in [3.63, 3.8) is 0 Å². The number of aliphatic hydroxyl groups excluding tert-OH is 2. The van der Waals surface area contributed by atoms with E-state index in [0.29, 0.717) is 6.42 Å². The first kappa shape index (κ1) is 17.9. The normalized spacial score (nSPS) is 17.1. The largest absolute Gasteiger partial charge is 1.00 e. The SMILES string of the molecule is CC(C)(C)C(O)CC(O)C(C)(C)C.[H-].[K+]. The third-order valence-corrected chi connectivity index (χ3v) is 2.45. The van der Waals surface area contributed by atoms with Crippen LogP contribution in [0.5, 0.6) is 0 Å². The summed E-state index contributed by atoms with van der Waals surface area (Å²) in [6.07, 6.45) is -0.434. The molecule has 0 aliphatic rings. The van der Waals surface area contributed by atoms with Gasteiger partial charge in [-0.05, 0) is 10.8 Å². The zero-order valence-electron chi connectivity index (χ0n) is 11.8. The van der Waals surface area contributed by atoms with Gasteiger partial charge >= 0.3 is 51.4 Å². The van der Waals surface area contributed by atoms with Crippen LogP contribution in [0.25, 0.3) is 0 Å². The molecular weight excluding hydrogens is 203 g/mol. The van der Waals surface area contributed by atoms with Crippen LogP contribution in [0.15, 0.2) is 0 Å². The monoisotopic (exact) mass is 228 g/mol. The van der Waals surface area contributed by atoms with Crippen molar-refractivity contribution in [2.24, 2.45) is 10.8 Å². The van der Waals surface area contributed by atoms with E-state index in [0.717, 1.165) is 0 Å². The van der Waals surface area contributed by atoms with Crippen LogP contribution in [0.3, 0.4) is 0 Å². The molecule has 0 fully saturated rings. The summed E-state index contributed by atoms with van der Waals surface area (Å²) in [5.41, 5.74) is -0.293. The Morgan fingerprint density at radius 2 is 1.07 bits per heavy atom. The van der Waals surface area contributed by atoms with Crippen molar-refractivity contribution < 1.29 is 63.0 Å². The summed E-state index contributed by atoms with van der Waals surface area (Å²) in [5, 5.41) is 19.5. The molecule has 0 aromatic heterocycles. The second-order valence-corrected chi connectivity index (χ2v) is 6.00. The topological polar surface area (TPSA) is 40.5 Å². The molecule has 2 unspecified atom stereocenters. The van der Waals surface area contributed by atoms with Gasteiger partial charge in [-0.1, -0.05) is 41.5 Å². The van der Waals surface area contributed by atoms with Crippen LogP contribution >= 0.6 is 0 Å². The molecule has 0 aromatic rings. The first-order chi connectivity index (χ1) is 5.55. The van der Waals surface area contributed by atoms with Gasteiger partial charge in [0.05, 0.1) is 12.2 Å². The maximum absolute atomic E-state index is 9.76. The molecule has 0 spiro atoms. The van der Waals surface area contributed by atoms with Gasteiger partial charge in [-0.15, -0.1) is 0 Å². The van der Waals surface area contributed by atoms with E-state index in [9.17, 15) is 10.2 Å². The number of hydrogen-bond acceptors (Lipinski definition) is 2. The quantitative estimate of drug-likeness (QED) is 0.614. The van der Waals surface area contributed by atoms with Crippen LogP contribution < -0.4 is 51.4 Å². The van der Waals surface area contributed by atoms with Gasteiger partial charge in [-0.3, -0.25) is 0 Å². The molecule has 0 heterocycles. The molecule has 2 nitrogen and oxygen atoms in total. The molecule has 82 valence electrons. The Morgan fingerprint density at radius 1 is 0.857 bits per heavy atom.